The van der Waals surface area contributed by atoms with Crippen molar-refractivity contribution >= 4 is 27.8 Å². The Labute approximate surface area is 186 Å². The number of nitrogens with zero attached hydrogens (tertiary/aromatic N) is 3. The summed E-state index contributed by atoms with van der Waals surface area (Å²) >= 11 is 0. The number of carboxylic acid groups (broad SMARTS) is 1. The van der Waals surface area contributed by atoms with E-state index in [0.29, 0.717) is 16.6 Å². The maximum atomic E-state index is 16.1. The smallest absolute Gasteiger partial charge is 0.354 e. The molecule has 0 bridgehead atoms. The van der Waals surface area contributed by atoms with Crippen molar-refractivity contribution in [1.29, 1.82) is 0 Å². The average molecular weight is 444 g/mol. The van der Waals surface area contributed by atoms with Gasteiger partial charge in [0.05, 0.1) is 22.9 Å². The minimum absolute atomic E-state index is 0.0185. The minimum Gasteiger partial charge on any atom is -0.477 e. The van der Waals surface area contributed by atoms with E-state index >= 15 is 4.39 Å². The number of hydrogen-bond acceptors (Lipinski definition) is 3. The lowest BCUT2D eigenvalue weighted by atomic mass is 9.84. The third-order valence-electron chi connectivity index (χ3n) is 6.28. The molecule has 6 nitrogen and oxygen atoms in total. The lowest BCUT2D eigenvalue weighted by molar-refractivity contribution is 0.0690. The predicted octanol–water partition coefficient (Wildman–Crippen LogP) is 5.90. The van der Waals surface area contributed by atoms with Gasteiger partial charge in [-0.25, -0.2) is 18.6 Å². The van der Waals surface area contributed by atoms with E-state index in [1.807, 2.05) is 24.5 Å². The molecule has 1 aliphatic carbocycles. The monoisotopic (exact) mass is 444 g/mol. The Hall–Kier alpha value is -4.07. The minimum atomic E-state index is -1.64. The lowest BCUT2D eigenvalue weighted by Crippen LogP contribution is -2.11. The highest BCUT2D eigenvalue weighted by Gasteiger charge is 2.36. The average Bonchev–Trinajstić information content (AvgIpc) is 3.39. The maximum Gasteiger partial charge on any atom is 0.354 e. The van der Waals surface area contributed by atoms with Crippen molar-refractivity contribution in [3.63, 3.8) is 0 Å². The molecule has 33 heavy (non-hydrogen) atoms. The van der Waals surface area contributed by atoms with Crippen LogP contribution in [0.15, 0.2) is 48.7 Å². The van der Waals surface area contributed by atoms with Crippen LogP contribution in [0, 0.1) is 5.82 Å². The first-order valence-electron chi connectivity index (χ1n) is 10.6. The molecule has 0 amide bonds. The molecule has 6 rings (SSSR count). The van der Waals surface area contributed by atoms with Gasteiger partial charge in [-0.1, -0.05) is 13.8 Å². The normalized spacial score (nSPS) is 14.9. The standard InChI is InChI=1S/C25H18F2N4O2/c1-11(2)24-18-15-7-8-16(25(32)33)29-23(15)21(27)20-19(18)17(9-12-10-28-30-22(12)20)31(24)14-5-3-13(26)4-6-14/h3-11,21H,1-2H3,(H,28,30)(H,32,33). The Morgan fingerprint density at radius 1 is 1.18 bits per heavy atom. The topological polar surface area (TPSA) is 83.8 Å². The van der Waals surface area contributed by atoms with E-state index in [0.717, 1.165) is 33.2 Å². The fourth-order valence-electron chi connectivity index (χ4n) is 4.99. The Balaban J connectivity index is 1.84. The van der Waals surface area contributed by atoms with Crippen molar-refractivity contribution in [2.45, 2.75) is 25.9 Å². The van der Waals surface area contributed by atoms with E-state index in [9.17, 15) is 14.3 Å². The molecular formula is C25H18F2N4O2. The van der Waals surface area contributed by atoms with Gasteiger partial charge in [0.1, 0.15) is 11.5 Å². The molecule has 164 valence electrons. The zero-order valence-electron chi connectivity index (χ0n) is 17.7. The van der Waals surface area contributed by atoms with Crippen LogP contribution in [0.4, 0.5) is 8.78 Å². The van der Waals surface area contributed by atoms with E-state index in [1.54, 1.807) is 24.4 Å². The number of aromatic carboxylic acids is 1. The highest BCUT2D eigenvalue weighted by atomic mass is 19.1. The van der Waals surface area contributed by atoms with Crippen LogP contribution in [0.1, 0.15) is 53.4 Å². The third-order valence-corrected chi connectivity index (χ3v) is 6.28. The van der Waals surface area contributed by atoms with Crippen molar-refractivity contribution in [1.82, 2.24) is 19.7 Å². The third kappa shape index (κ3) is 2.60. The van der Waals surface area contributed by atoms with Crippen LogP contribution in [-0.4, -0.2) is 30.8 Å². The van der Waals surface area contributed by atoms with Crippen LogP contribution in [0.25, 0.3) is 38.6 Å². The van der Waals surface area contributed by atoms with Gasteiger partial charge in [0.25, 0.3) is 0 Å². The molecule has 2 aromatic carbocycles. The molecule has 1 atom stereocenters. The first-order chi connectivity index (χ1) is 15.9. The van der Waals surface area contributed by atoms with Crippen molar-refractivity contribution in [2.24, 2.45) is 0 Å². The Morgan fingerprint density at radius 3 is 2.64 bits per heavy atom. The van der Waals surface area contributed by atoms with Crippen LogP contribution in [0.5, 0.6) is 0 Å². The number of halogens is 2. The lowest BCUT2D eigenvalue weighted by Gasteiger charge is -2.22. The van der Waals surface area contributed by atoms with Gasteiger partial charge in [-0.15, -0.1) is 0 Å². The fraction of sp³-hybridized carbons (Fsp3) is 0.160. The summed E-state index contributed by atoms with van der Waals surface area (Å²) in [5, 5.41) is 17.9. The van der Waals surface area contributed by atoms with Gasteiger partial charge in [-0.2, -0.15) is 5.10 Å². The number of benzene rings is 2. The van der Waals surface area contributed by atoms with Crippen LogP contribution in [0.2, 0.25) is 0 Å². The number of H-pyrrole nitrogens is 1. The number of hydrogen-bond donors (Lipinski definition) is 2. The fourth-order valence-corrected chi connectivity index (χ4v) is 4.99. The van der Waals surface area contributed by atoms with Gasteiger partial charge in [0.2, 0.25) is 0 Å². The Morgan fingerprint density at radius 2 is 1.94 bits per heavy atom. The molecule has 0 fully saturated rings. The number of rotatable bonds is 3. The van der Waals surface area contributed by atoms with Gasteiger partial charge in [0.15, 0.2) is 6.17 Å². The summed E-state index contributed by atoms with van der Waals surface area (Å²) in [6, 6.07) is 11.2. The van der Waals surface area contributed by atoms with E-state index in [-0.39, 0.29) is 23.1 Å². The molecule has 0 aliphatic heterocycles. The molecule has 2 N–H and O–H groups in total. The number of carbonyl (C=O) groups is 1. The zero-order chi connectivity index (χ0) is 23.0. The van der Waals surface area contributed by atoms with Gasteiger partial charge < -0.3 is 9.67 Å². The highest BCUT2D eigenvalue weighted by Crippen LogP contribution is 2.52. The van der Waals surface area contributed by atoms with Gasteiger partial charge >= 0.3 is 5.97 Å². The summed E-state index contributed by atoms with van der Waals surface area (Å²) in [5.74, 6) is -1.54. The van der Waals surface area contributed by atoms with Crippen LogP contribution < -0.4 is 0 Å². The van der Waals surface area contributed by atoms with Gasteiger partial charge in [-0.05, 0) is 48.4 Å². The van der Waals surface area contributed by atoms with Gasteiger partial charge in [0, 0.05) is 38.8 Å². The molecule has 3 heterocycles. The number of fused-ring (bicyclic) bond motifs is 4. The number of nitrogens with one attached hydrogen (secondary N) is 1. The quantitative estimate of drug-likeness (QED) is 0.363. The second kappa shape index (κ2) is 6.71. The largest absolute Gasteiger partial charge is 0.477 e. The van der Waals surface area contributed by atoms with Gasteiger partial charge in [-0.3, -0.25) is 5.10 Å². The molecule has 0 saturated heterocycles. The molecule has 1 unspecified atom stereocenters. The summed E-state index contributed by atoms with van der Waals surface area (Å²) in [6.45, 7) is 4.08. The van der Waals surface area contributed by atoms with E-state index in [1.165, 1.54) is 18.2 Å². The summed E-state index contributed by atoms with van der Waals surface area (Å²) in [7, 11) is 0. The molecule has 0 spiro atoms. The summed E-state index contributed by atoms with van der Waals surface area (Å²) < 4.78 is 31.9. The molecule has 0 saturated carbocycles. The van der Waals surface area contributed by atoms with Crippen molar-refractivity contribution in [2.75, 3.05) is 0 Å². The molecule has 1 aliphatic rings. The predicted molar refractivity (Wildman–Crippen MR) is 120 cm³/mol. The number of carboxylic acids is 1. The number of aromatic amines is 1. The first-order valence-corrected chi connectivity index (χ1v) is 10.6. The number of alkyl halides is 1. The number of aromatic nitrogens is 4. The molecular weight excluding hydrogens is 426 g/mol. The first kappa shape index (κ1) is 19.6. The second-order valence-electron chi connectivity index (χ2n) is 8.54. The zero-order valence-corrected chi connectivity index (χ0v) is 17.7. The maximum absolute atomic E-state index is 16.1. The SMILES string of the molecule is CC(C)c1c2c3c(c4[nH]ncc4cc3n1-c1ccc(F)cc1)C(F)c1nc(C(=O)O)ccc1-2. The molecule has 3 aromatic heterocycles. The molecule has 8 heteroatoms. The Bertz CT molecular complexity index is 1600. The molecule has 0 radical (unpaired) electrons. The highest BCUT2D eigenvalue weighted by molar-refractivity contribution is 6.11. The summed E-state index contributed by atoms with van der Waals surface area (Å²) in [4.78, 5) is 15.8. The van der Waals surface area contributed by atoms with Crippen molar-refractivity contribution in [3.05, 3.63) is 77.1 Å². The van der Waals surface area contributed by atoms with Crippen molar-refractivity contribution < 1.29 is 18.7 Å². The number of pyridine rings is 1. The summed E-state index contributed by atoms with van der Waals surface area (Å²) in [6.07, 6.45) is -0.00626. The van der Waals surface area contributed by atoms with Crippen LogP contribution in [0.3, 0.4) is 0 Å². The van der Waals surface area contributed by atoms with Crippen LogP contribution >= 0.6 is 0 Å². The Kier molecular flexibility index (Phi) is 3.99. The second-order valence-corrected chi connectivity index (χ2v) is 8.54. The van der Waals surface area contributed by atoms with E-state index < -0.39 is 12.1 Å². The summed E-state index contributed by atoms with van der Waals surface area (Å²) in [5.41, 5.74) is 4.62. The van der Waals surface area contributed by atoms with Crippen LogP contribution in [-0.2, 0) is 0 Å². The van der Waals surface area contributed by atoms with Crippen molar-refractivity contribution in [3.8, 4) is 16.8 Å². The molecule has 5 aromatic rings. The van der Waals surface area contributed by atoms with E-state index in [4.69, 9.17) is 0 Å². The van der Waals surface area contributed by atoms with E-state index in [2.05, 4.69) is 15.2 Å².